The molecule has 2 rings (SSSR count). The number of anilines is 1. The minimum Gasteiger partial charge on any atom is -0.493 e. The normalized spacial score (nSPS) is 10.5. The largest absolute Gasteiger partial charge is 0.493 e. The van der Waals surface area contributed by atoms with E-state index in [1.165, 1.54) is 0 Å². The van der Waals surface area contributed by atoms with Gasteiger partial charge in [0.05, 0.1) is 13.0 Å². The van der Waals surface area contributed by atoms with Gasteiger partial charge in [-0.25, -0.2) is 0 Å². The second kappa shape index (κ2) is 9.69. The van der Waals surface area contributed by atoms with Crippen LogP contribution in [0.25, 0.3) is 0 Å². The molecule has 5 heteroatoms. The minimum absolute atomic E-state index is 0.0318. The summed E-state index contributed by atoms with van der Waals surface area (Å²) in [7, 11) is 1.68. The molecule has 0 aliphatic heterocycles. The summed E-state index contributed by atoms with van der Waals surface area (Å²) in [6, 6.07) is 13.3. The van der Waals surface area contributed by atoms with Crippen LogP contribution in [0.4, 0.5) is 5.69 Å². The minimum atomic E-state index is -0.0318. The van der Waals surface area contributed by atoms with Gasteiger partial charge in [0.2, 0.25) is 5.91 Å². The molecule has 0 unspecified atom stereocenters. The van der Waals surface area contributed by atoms with Gasteiger partial charge in [-0.3, -0.25) is 4.79 Å². The smallest absolute Gasteiger partial charge is 0.224 e. The fraction of sp³-hybridized carbons (Fsp3) is 0.350. The third kappa shape index (κ3) is 6.47. The Morgan fingerprint density at radius 1 is 1.12 bits per heavy atom. The van der Waals surface area contributed by atoms with Crippen LogP contribution in [0, 0.1) is 6.92 Å². The number of amides is 1. The van der Waals surface area contributed by atoms with Crippen molar-refractivity contribution < 1.29 is 14.3 Å². The fourth-order valence-corrected chi connectivity index (χ4v) is 2.40. The van der Waals surface area contributed by atoms with Crippen LogP contribution in [-0.2, 0) is 22.5 Å². The van der Waals surface area contributed by atoms with Crippen molar-refractivity contribution in [3.05, 3.63) is 59.2 Å². The molecule has 0 heterocycles. The third-order valence-electron chi connectivity index (χ3n) is 3.79. The maximum absolute atomic E-state index is 12.1. The zero-order valence-electron chi connectivity index (χ0n) is 14.9. The summed E-state index contributed by atoms with van der Waals surface area (Å²) in [4.78, 5) is 12.1. The zero-order chi connectivity index (χ0) is 18.1. The lowest BCUT2D eigenvalue weighted by Gasteiger charge is -2.13. The first-order valence-corrected chi connectivity index (χ1v) is 8.41. The van der Waals surface area contributed by atoms with Gasteiger partial charge in [0, 0.05) is 37.9 Å². The standard InChI is InChI=1S/C20H26N2O3/c1-15-4-7-17(19(12-15)25-11-3-10-24-2)14-22-20(23)13-16-5-8-18(21)9-6-16/h4-9,12H,3,10-11,13-14,21H2,1-2H3,(H,22,23). The van der Waals surface area contributed by atoms with Crippen molar-refractivity contribution >= 4 is 11.6 Å². The number of aryl methyl sites for hydroxylation is 1. The second-order valence-corrected chi connectivity index (χ2v) is 6.00. The molecular formula is C20H26N2O3. The Morgan fingerprint density at radius 2 is 1.88 bits per heavy atom. The molecule has 0 spiro atoms. The summed E-state index contributed by atoms with van der Waals surface area (Å²) in [5.41, 5.74) is 9.38. The van der Waals surface area contributed by atoms with Gasteiger partial charge in [-0.15, -0.1) is 0 Å². The SMILES string of the molecule is COCCCOc1cc(C)ccc1CNC(=O)Cc1ccc(N)cc1. The monoisotopic (exact) mass is 342 g/mol. The average Bonchev–Trinajstić information content (AvgIpc) is 2.60. The van der Waals surface area contributed by atoms with E-state index in [9.17, 15) is 4.79 Å². The van der Waals surface area contributed by atoms with E-state index in [1.54, 1.807) is 19.2 Å². The van der Waals surface area contributed by atoms with Crippen LogP contribution < -0.4 is 15.8 Å². The molecule has 2 aromatic rings. The summed E-state index contributed by atoms with van der Waals surface area (Å²) in [6.45, 7) is 3.71. The molecule has 25 heavy (non-hydrogen) atoms. The van der Waals surface area contributed by atoms with Crippen molar-refractivity contribution in [1.82, 2.24) is 5.32 Å². The number of hydrogen-bond acceptors (Lipinski definition) is 4. The van der Waals surface area contributed by atoms with Gasteiger partial charge in [0.25, 0.3) is 0 Å². The van der Waals surface area contributed by atoms with Crippen LogP contribution in [0.2, 0.25) is 0 Å². The Balaban J connectivity index is 1.90. The van der Waals surface area contributed by atoms with Crippen molar-refractivity contribution in [3.63, 3.8) is 0 Å². The number of nitrogens with two attached hydrogens (primary N) is 1. The molecule has 0 fully saturated rings. The van der Waals surface area contributed by atoms with E-state index in [0.717, 1.165) is 28.9 Å². The van der Waals surface area contributed by atoms with E-state index in [-0.39, 0.29) is 5.91 Å². The van der Waals surface area contributed by atoms with E-state index in [4.69, 9.17) is 15.2 Å². The molecule has 1 amide bonds. The quantitative estimate of drug-likeness (QED) is 0.543. The molecule has 5 nitrogen and oxygen atoms in total. The maximum Gasteiger partial charge on any atom is 0.224 e. The van der Waals surface area contributed by atoms with Crippen LogP contribution in [0.3, 0.4) is 0 Å². The van der Waals surface area contributed by atoms with Crippen LogP contribution in [0.5, 0.6) is 5.75 Å². The van der Waals surface area contributed by atoms with E-state index in [0.29, 0.717) is 31.9 Å². The molecule has 0 aromatic heterocycles. The number of nitrogens with one attached hydrogen (secondary N) is 1. The van der Waals surface area contributed by atoms with Crippen LogP contribution >= 0.6 is 0 Å². The van der Waals surface area contributed by atoms with Crippen molar-refractivity contribution in [2.24, 2.45) is 0 Å². The lowest BCUT2D eigenvalue weighted by Crippen LogP contribution is -2.25. The molecule has 0 saturated carbocycles. The lowest BCUT2D eigenvalue weighted by atomic mass is 10.1. The number of hydrogen-bond donors (Lipinski definition) is 2. The molecule has 0 bridgehead atoms. The molecule has 0 aliphatic rings. The van der Waals surface area contributed by atoms with Crippen molar-refractivity contribution in [2.45, 2.75) is 26.3 Å². The summed E-state index contributed by atoms with van der Waals surface area (Å²) in [5, 5.41) is 2.95. The highest BCUT2D eigenvalue weighted by atomic mass is 16.5. The highest BCUT2D eigenvalue weighted by Gasteiger charge is 2.08. The first-order chi connectivity index (χ1) is 12.1. The number of methoxy groups -OCH3 is 1. The molecule has 0 aliphatic carbocycles. The van der Waals surface area contributed by atoms with Gasteiger partial charge in [0.15, 0.2) is 0 Å². The Kier molecular flexibility index (Phi) is 7.29. The molecule has 3 N–H and O–H groups in total. The van der Waals surface area contributed by atoms with Gasteiger partial charge in [0.1, 0.15) is 5.75 Å². The molecule has 0 saturated heterocycles. The zero-order valence-corrected chi connectivity index (χ0v) is 14.9. The van der Waals surface area contributed by atoms with Gasteiger partial charge >= 0.3 is 0 Å². The van der Waals surface area contributed by atoms with E-state index >= 15 is 0 Å². The second-order valence-electron chi connectivity index (χ2n) is 6.00. The van der Waals surface area contributed by atoms with Gasteiger partial charge in [-0.2, -0.15) is 0 Å². The number of carbonyl (C=O) groups excluding carboxylic acids is 1. The average molecular weight is 342 g/mol. The van der Waals surface area contributed by atoms with Crippen LogP contribution in [-0.4, -0.2) is 26.2 Å². The van der Waals surface area contributed by atoms with Gasteiger partial charge < -0.3 is 20.5 Å². The number of rotatable bonds is 9. The molecule has 2 aromatic carbocycles. The summed E-state index contributed by atoms with van der Waals surface area (Å²) in [6.07, 6.45) is 1.16. The Bertz CT molecular complexity index is 684. The number of nitrogen functional groups attached to an aromatic ring is 1. The molecular weight excluding hydrogens is 316 g/mol. The Labute approximate surface area is 149 Å². The number of carbonyl (C=O) groups is 1. The lowest BCUT2D eigenvalue weighted by molar-refractivity contribution is -0.120. The molecule has 0 atom stereocenters. The van der Waals surface area contributed by atoms with E-state index < -0.39 is 0 Å². The first-order valence-electron chi connectivity index (χ1n) is 8.41. The first kappa shape index (κ1) is 18.8. The summed E-state index contributed by atoms with van der Waals surface area (Å²) < 4.78 is 10.9. The maximum atomic E-state index is 12.1. The highest BCUT2D eigenvalue weighted by Crippen LogP contribution is 2.20. The fourth-order valence-electron chi connectivity index (χ4n) is 2.40. The van der Waals surface area contributed by atoms with Crippen LogP contribution in [0.1, 0.15) is 23.1 Å². The summed E-state index contributed by atoms with van der Waals surface area (Å²) >= 11 is 0. The Morgan fingerprint density at radius 3 is 2.60 bits per heavy atom. The Hall–Kier alpha value is -2.53. The van der Waals surface area contributed by atoms with Crippen LogP contribution in [0.15, 0.2) is 42.5 Å². The predicted molar refractivity (Wildman–Crippen MR) is 99.6 cm³/mol. The van der Waals surface area contributed by atoms with Crippen molar-refractivity contribution in [2.75, 3.05) is 26.1 Å². The van der Waals surface area contributed by atoms with Gasteiger partial charge in [-0.1, -0.05) is 24.3 Å². The van der Waals surface area contributed by atoms with Gasteiger partial charge in [-0.05, 0) is 36.2 Å². The topological polar surface area (TPSA) is 73.6 Å². The number of benzene rings is 2. The molecule has 0 radical (unpaired) electrons. The summed E-state index contributed by atoms with van der Waals surface area (Å²) in [5.74, 6) is 0.777. The number of ether oxygens (including phenoxy) is 2. The highest BCUT2D eigenvalue weighted by molar-refractivity contribution is 5.78. The third-order valence-corrected chi connectivity index (χ3v) is 3.79. The molecule has 134 valence electrons. The van der Waals surface area contributed by atoms with E-state index in [1.807, 2.05) is 37.3 Å². The van der Waals surface area contributed by atoms with Crippen molar-refractivity contribution in [1.29, 1.82) is 0 Å². The predicted octanol–water partition coefficient (Wildman–Crippen LogP) is 2.85. The van der Waals surface area contributed by atoms with Crippen molar-refractivity contribution in [3.8, 4) is 5.75 Å². The van der Waals surface area contributed by atoms with E-state index in [2.05, 4.69) is 5.32 Å².